The Kier molecular flexibility index (Phi) is 4.74. The highest BCUT2D eigenvalue weighted by Gasteiger charge is 2.10. The lowest BCUT2D eigenvalue weighted by Gasteiger charge is -2.13. The van der Waals surface area contributed by atoms with Gasteiger partial charge in [0.1, 0.15) is 12.0 Å². The Bertz CT molecular complexity index is 881. The van der Waals surface area contributed by atoms with Crippen LogP contribution in [0.2, 0.25) is 0 Å². The van der Waals surface area contributed by atoms with E-state index in [1.165, 1.54) is 18.0 Å². The first kappa shape index (κ1) is 16.6. The van der Waals surface area contributed by atoms with Crippen LogP contribution in [0.1, 0.15) is 12.5 Å². The number of nitrogen functional groups attached to an aromatic ring is 1. The van der Waals surface area contributed by atoms with E-state index in [4.69, 9.17) is 5.73 Å². The van der Waals surface area contributed by atoms with Gasteiger partial charge in [0.25, 0.3) is 0 Å². The smallest absolute Gasteiger partial charge is 0.160 e. The molecule has 1 heterocycles. The van der Waals surface area contributed by atoms with E-state index < -0.39 is 11.6 Å². The molecule has 128 valence electrons. The number of rotatable bonds is 5. The van der Waals surface area contributed by atoms with Gasteiger partial charge in [0.05, 0.1) is 0 Å². The zero-order valence-corrected chi connectivity index (χ0v) is 13.6. The van der Waals surface area contributed by atoms with Crippen LogP contribution in [-0.2, 0) is 6.42 Å². The van der Waals surface area contributed by atoms with Crippen LogP contribution in [0.15, 0.2) is 48.8 Å². The van der Waals surface area contributed by atoms with E-state index in [2.05, 4.69) is 27.5 Å². The minimum Gasteiger partial charge on any atom is -0.393 e. The molecule has 0 aliphatic carbocycles. The molecule has 0 saturated heterocycles. The van der Waals surface area contributed by atoms with Gasteiger partial charge in [-0.25, -0.2) is 18.7 Å². The van der Waals surface area contributed by atoms with Gasteiger partial charge in [0.2, 0.25) is 0 Å². The van der Waals surface area contributed by atoms with Crippen LogP contribution in [0.4, 0.5) is 37.5 Å². The van der Waals surface area contributed by atoms with Crippen molar-refractivity contribution in [2.75, 3.05) is 16.4 Å². The number of hydrogen-bond acceptors (Lipinski definition) is 5. The Labute approximate surface area is 143 Å². The number of nitrogens with two attached hydrogens (primary N) is 1. The SMILES string of the molecule is CCc1ccc(Nc2ncnc(Nc3ccc(F)c(F)c3)c2N)cc1. The first-order valence-corrected chi connectivity index (χ1v) is 7.75. The molecule has 25 heavy (non-hydrogen) atoms. The number of aryl methyl sites for hydroxylation is 1. The van der Waals surface area contributed by atoms with E-state index in [9.17, 15) is 8.78 Å². The van der Waals surface area contributed by atoms with E-state index in [-0.39, 0.29) is 5.69 Å². The molecule has 7 heteroatoms. The molecule has 0 atom stereocenters. The lowest BCUT2D eigenvalue weighted by Crippen LogP contribution is -2.05. The van der Waals surface area contributed by atoms with Crippen molar-refractivity contribution >= 4 is 28.7 Å². The number of nitrogens with one attached hydrogen (secondary N) is 2. The lowest BCUT2D eigenvalue weighted by atomic mass is 10.1. The Morgan fingerprint density at radius 2 is 1.48 bits per heavy atom. The highest BCUT2D eigenvalue weighted by atomic mass is 19.2. The molecule has 0 aliphatic rings. The minimum atomic E-state index is -0.952. The van der Waals surface area contributed by atoms with Gasteiger partial charge in [-0.2, -0.15) is 0 Å². The third kappa shape index (κ3) is 3.82. The summed E-state index contributed by atoms with van der Waals surface area (Å²) in [7, 11) is 0. The maximum atomic E-state index is 13.3. The summed E-state index contributed by atoms with van der Waals surface area (Å²) in [5.41, 5.74) is 8.75. The predicted molar refractivity (Wildman–Crippen MR) is 95.2 cm³/mol. The maximum absolute atomic E-state index is 13.3. The summed E-state index contributed by atoms with van der Waals surface area (Å²) in [6.45, 7) is 2.08. The van der Waals surface area contributed by atoms with Crippen molar-refractivity contribution < 1.29 is 8.78 Å². The summed E-state index contributed by atoms with van der Waals surface area (Å²) in [6.07, 6.45) is 2.29. The van der Waals surface area contributed by atoms with Crippen LogP contribution in [0, 0.1) is 11.6 Å². The second-order valence-corrected chi connectivity index (χ2v) is 5.41. The summed E-state index contributed by atoms with van der Waals surface area (Å²) >= 11 is 0. The van der Waals surface area contributed by atoms with Crippen molar-refractivity contribution in [3.05, 3.63) is 66.0 Å². The summed E-state index contributed by atoms with van der Waals surface area (Å²) in [6, 6.07) is 11.4. The van der Waals surface area contributed by atoms with Crippen LogP contribution in [0.3, 0.4) is 0 Å². The topological polar surface area (TPSA) is 75.9 Å². The van der Waals surface area contributed by atoms with Crippen molar-refractivity contribution in [3.8, 4) is 0 Å². The van der Waals surface area contributed by atoms with Crippen molar-refractivity contribution in [1.82, 2.24) is 9.97 Å². The number of hydrogen-bond donors (Lipinski definition) is 3. The molecule has 0 radical (unpaired) electrons. The molecule has 0 saturated carbocycles. The summed E-state index contributed by atoms with van der Waals surface area (Å²) in [4.78, 5) is 8.18. The normalized spacial score (nSPS) is 10.5. The van der Waals surface area contributed by atoms with Crippen LogP contribution in [0.25, 0.3) is 0 Å². The molecular formula is C18H17F2N5. The van der Waals surface area contributed by atoms with Gasteiger partial charge in [0.15, 0.2) is 23.3 Å². The maximum Gasteiger partial charge on any atom is 0.160 e. The Morgan fingerprint density at radius 3 is 2.08 bits per heavy atom. The molecule has 0 unspecified atom stereocenters. The Hall–Kier alpha value is -3.22. The fraction of sp³-hybridized carbons (Fsp3) is 0.111. The Morgan fingerprint density at radius 1 is 0.880 bits per heavy atom. The lowest BCUT2D eigenvalue weighted by molar-refractivity contribution is 0.509. The first-order chi connectivity index (χ1) is 12.1. The predicted octanol–water partition coefficient (Wildman–Crippen LogP) is 4.39. The van der Waals surface area contributed by atoms with Gasteiger partial charge in [-0.1, -0.05) is 19.1 Å². The number of benzene rings is 2. The molecule has 5 nitrogen and oxygen atoms in total. The molecule has 1 aromatic heterocycles. The van der Waals surface area contributed by atoms with Crippen molar-refractivity contribution in [2.24, 2.45) is 0 Å². The van der Waals surface area contributed by atoms with E-state index >= 15 is 0 Å². The monoisotopic (exact) mass is 341 g/mol. The van der Waals surface area contributed by atoms with Gasteiger partial charge in [-0.05, 0) is 36.2 Å². The van der Waals surface area contributed by atoms with Crippen molar-refractivity contribution in [1.29, 1.82) is 0 Å². The third-order valence-corrected chi connectivity index (χ3v) is 3.69. The fourth-order valence-corrected chi connectivity index (χ4v) is 2.27. The van der Waals surface area contributed by atoms with E-state index in [0.717, 1.165) is 24.2 Å². The molecule has 0 aliphatic heterocycles. The van der Waals surface area contributed by atoms with E-state index in [1.54, 1.807) is 0 Å². The molecule has 2 aromatic carbocycles. The highest BCUT2D eigenvalue weighted by molar-refractivity contribution is 5.80. The van der Waals surface area contributed by atoms with Gasteiger partial charge in [-0.15, -0.1) is 0 Å². The largest absolute Gasteiger partial charge is 0.393 e. The molecule has 4 N–H and O–H groups in total. The number of anilines is 5. The molecule has 0 spiro atoms. The quantitative estimate of drug-likeness (QED) is 0.642. The molecular weight excluding hydrogens is 324 g/mol. The van der Waals surface area contributed by atoms with Gasteiger partial charge >= 0.3 is 0 Å². The second-order valence-electron chi connectivity index (χ2n) is 5.41. The summed E-state index contributed by atoms with van der Waals surface area (Å²) < 4.78 is 26.3. The molecule has 3 rings (SSSR count). The molecule has 0 fully saturated rings. The zero-order valence-electron chi connectivity index (χ0n) is 13.6. The van der Waals surface area contributed by atoms with Crippen molar-refractivity contribution in [2.45, 2.75) is 13.3 Å². The highest BCUT2D eigenvalue weighted by Crippen LogP contribution is 2.28. The van der Waals surface area contributed by atoms with Gasteiger partial charge in [-0.3, -0.25) is 0 Å². The van der Waals surface area contributed by atoms with Gasteiger partial charge < -0.3 is 16.4 Å². The van der Waals surface area contributed by atoms with E-state index in [0.29, 0.717) is 17.3 Å². The minimum absolute atomic E-state index is 0.270. The average molecular weight is 341 g/mol. The third-order valence-electron chi connectivity index (χ3n) is 3.69. The zero-order chi connectivity index (χ0) is 17.8. The average Bonchev–Trinajstić information content (AvgIpc) is 2.62. The fourth-order valence-electron chi connectivity index (χ4n) is 2.27. The molecule has 3 aromatic rings. The summed E-state index contributed by atoms with van der Waals surface area (Å²) in [5.74, 6) is -1.15. The standard InChI is InChI=1S/C18H17F2N5/c1-2-11-3-5-12(6-4-11)24-17-16(21)18(23-10-22-17)25-13-7-8-14(19)15(20)9-13/h3-10H,2,21H2,1H3,(H2,22,23,24,25). The van der Waals surface area contributed by atoms with Crippen LogP contribution in [-0.4, -0.2) is 9.97 Å². The second kappa shape index (κ2) is 7.12. The summed E-state index contributed by atoms with van der Waals surface area (Å²) in [5, 5.41) is 5.98. The number of aromatic nitrogens is 2. The number of nitrogens with zero attached hydrogens (tertiary/aromatic N) is 2. The van der Waals surface area contributed by atoms with Crippen LogP contribution < -0.4 is 16.4 Å². The Balaban J connectivity index is 1.82. The molecule has 0 bridgehead atoms. The van der Waals surface area contributed by atoms with Crippen LogP contribution >= 0.6 is 0 Å². The number of halogens is 2. The van der Waals surface area contributed by atoms with Crippen molar-refractivity contribution in [3.63, 3.8) is 0 Å². The molecule has 0 amide bonds. The van der Waals surface area contributed by atoms with E-state index in [1.807, 2.05) is 24.3 Å². The van der Waals surface area contributed by atoms with Gasteiger partial charge in [0, 0.05) is 17.4 Å². The first-order valence-electron chi connectivity index (χ1n) is 7.75. The van der Waals surface area contributed by atoms with Crippen LogP contribution in [0.5, 0.6) is 0 Å².